The highest BCUT2D eigenvalue weighted by atomic mass is 32.2. The molecule has 0 aliphatic carbocycles. The molecular weight excluding hydrogens is 340 g/mol. The second-order valence-electron chi connectivity index (χ2n) is 4.46. The summed E-state index contributed by atoms with van der Waals surface area (Å²) in [5.41, 5.74) is 0.00150. The highest BCUT2D eigenvalue weighted by molar-refractivity contribution is 8.00. The Hall–Kier alpha value is -1.74. The van der Waals surface area contributed by atoms with E-state index in [0.29, 0.717) is 6.42 Å². The first kappa shape index (κ1) is 19.3. The standard InChI is InChI=1S/C14H18N2O5S2/c1-21-14(18)12(7-8-22-2)15-13(17)9-23-11-5-3-10(4-6-11)16(19)20/h3-6,12H,7-9H2,1-2H3,(H,15,17)/t12-/m0/s1. The number of carbonyl (C=O) groups is 2. The number of benzene rings is 1. The van der Waals surface area contributed by atoms with Crippen molar-refractivity contribution in [3.63, 3.8) is 0 Å². The number of nitrogens with zero attached hydrogens (tertiary/aromatic N) is 1. The van der Waals surface area contributed by atoms with E-state index >= 15 is 0 Å². The summed E-state index contributed by atoms with van der Waals surface area (Å²) in [6, 6.07) is 5.28. The average Bonchev–Trinajstić information content (AvgIpc) is 2.56. The van der Waals surface area contributed by atoms with Crippen LogP contribution in [-0.2, 0) is 14.3 Å². The smallest absolute Gasteiger partial charge is 0.328 e. The molecular formula is C14H18N2O5S2. The zero-order valence-electron chi connectivity index (χ0n) is 12.8. The van der Waals surface area contributed by atoms with Crippen LogP contribution in [0.1, 0.15) is 6.42 Å². The lowest BCUT2D eigenvalue weighted by molar-refractivity contribution is -0.384. The van der Waals surface area contributed by atoms with Gasteiger partial charge in [-0.1, -0.05) is 0 Å². The number of rotatable bonds is 9. The zero-order valence-corrected chi connectivity index (χ0v) is 14.4. The Kier molecular flexibility index (Phi) is 8.49. The van der Waals surface area contributed by atoms with Crippen LogP contribution in [0.2, 0.25) is 0 Å². The van der Waals surface area contributed by atoms with Crippen molar-refractivity contribution in [2.24, 2.45) is 0 Å². The fourth-order valence-corrected chi connectivity index (χ4v) is 2.86. The van der Waals surface area contributed by atoms with Crippen molar-refractivity contribution < 1.29 is 19.2 Å². The van der Waals surface area contributed by atoms with Gasteiger partial charge in [0.05, 0.1) is 17.8 Å². The molecule has 0 bridgehead atoms. The first-order valence-electron chi connectivity index (χ1n) is 6.71. The Balaban J connectivity index is 2.50. The number of non-ortho nitro benzene ring substituents is 1. The van der Waals surface area contributed by atoms with Crippen LogP contribution in [-0.4, -0.2) is 47.7 Å². The van der Waals surface area contributed by atoms with E-state index in [4.69, 9.17) is 0 Å². The molecule has 1 aromatic carbocycles. The van der Waals surface area contributed by atoms with Gasteiger partial charge in [0.1, 0.15) is 6.04 Å². The van der Waals surface area contributed by atoms with Crippen molar-refractivity contribution >= 4 is 41.1 Å². The summed E-state index contributed by atoms with van der Waals surface area (Å²) in [5, 5.41) is 13.2. The fraction of sp³-hybridized carbons (Fsp3) is 0.429. The molecule has 9 heteroatoms. The third kappa shape index (κ3) is 6.91. The lowest BCUT2D eigenvalue weighted by Crippen LogP contribution is -2.42. The van der Waals surface area contributed by atoms with Crippen molar-refractivity contribution in [1.82, 2.24) is 5.32 Å². The van der Waals surface area contributed by atoms with Gasteiger partial charge in [0.2, 0.25) is 5.91 Å². The second kappa shape index (κ2) is 10.1. The minimum atomic E-state index is -0.655. The van der Waals surface area contributed by atoms with Crippen molar-refractivity contribution in [3.8, 4) is 0 Å². The van der Waals surface area contributed by atoms with Crippen LogP contribution in [0, 0.1) is 10.1 Å². The van der Waals surface area contributed by atoms with E-state index in [1.165, 1.54) is 31.0 Å². The van der Waals surface area contributed by atoms with Crippen LogP contribution < -0.4 is 5.32 Å². The van der Waals surface area contributed by atoms with Crippen LogP contribution in [0.25, 0.3) is 0 Å². The van der Waals surface area contributed by atoms with Gasteiger partial charge in [-0.15, -0.1) is 11.8 Å². The minimum absolute atomic E-state index is 0.00150. The number of amides is 1. The number of nitro groups is 1. The molecule has 1 N–H and O–H groups in total. The number of esters is 1. The highest BCUT2D eigenvalue weighted by Gasteiger charge is 2.20. The molecule has 0 unspecified atom stereocenters. The maximum atomic E-state index is 11.9. The fourth-order valence-electron chi connectivity index (χ4n) is 1.68. The first-order valence-corrected chi connectivity index (χ1v) is 9.09. The molecule has 0 heterocycles. The van der Waals surface area contributed by atoms with Crippen LogP contribution in [0.3, 0.4) is 0 Å². The summed E-state index contributed by atoms with van der Waals surface area (Å²) >= 11 is 2.82. The van der Waals surface area contributed by atoms with E-state index in [2.05, 4.69) is 10.1 Å². The van der Waals surface area contributed by atoms with Crippen LogP contribution >= 0.6 is 23.5 Å². The highest BCUT2D eigenvalue weighted by Crippen LogP contribution is 2.21. The summed E-state index contributed by atoms with van der Waals surface area (Å²) in [4.78, 5) is 34.4. The normalized spacial score (nSPS) is 11.6. The van der Waals surface area contributed by atoms with Gasteiger partial charge in [0.15, 0.2) is 0 Å². The topological polar surface area (TPSA) is 98.5 Å². The van der Waals surface area contributed by atoms with E-state index < -0.39 is 16.9 Å². The van der Waals surface area contributed by atoms with Gasteiger partial charge in [-0.3, -0.25) is 14.9 Å². The van der Waals surface area contributed by atoms with Gasteiger partial charge in [0.25, 0.3) is 5.69 Å². The van der Waals surface area contributed by atoms with E-state index in [9.17, 15) is 19.7 Å². The summed E-state index contributed by atoms with van der Waals surface area (Å²) in [6.07, 6.45) is 2.42. The molecule has 126 valence electrons. The van der Waals surface area contributed by atoms with Crippen molar-refractivity contribution in [3.05, 3.63) is 34.4 Å². The van der Waals surface area contributed by atoms with Gasteiger partial charge in [-0.05, 0) is 30.6 Å². The third-order valence-electron chi connectivity index (χ3n) is 2.85. The molecule has 23 heavy (non-hydrogen) atoms. The SMILES string of the molecule is COC(=O)[C@H](CCSC)NC(=O)CSc1ccc([N+](=O)[O-])cc1. The summed E-state index contributed by atoms with van der Waals surface area (Å²) in [6.45, 7) is 0. The number of nitrogens with one attached hydrogen (secondary N) is 1. The molecule has 1 amide bonds. The molecule has 0 spiro atoms. The molecule has 0 aromatic heterocycles. The predicted molar refractivity (Wildman–Crippen MR) is 90.8 cm³/mol. The molecule has 7 nitrogen and oxygen atoms in total. The van der Waals surface area contributed by atoms with Gasteiger partial charge in [0, 0.05) is 17.0 Å². The van der Waals surface area contributed by atoms with Crippen molar-refractivity contribution in [2.45, 2.75) is 17.4 Å². The number of thioether (sulfide) groups is 2. The molecule has 0 aliphatic heterocycles. The average molecular weight is 358 g/mol. The molecule has 1 aromatic rings. The largest absolute Gasteiger partial charge is 0.467 e. The zero-order chi connectivity index (χ0) is 17.2. The Labute approximate surface area is 142 Å². The maximum absolute atomic E-state index is 11.9. The first-order chi connectivity index (χ1) is 11.0. The number of carbonyl (C=O) groups excluding carboxylic acids is 2. The Morgan fingerprint density at radius 2 is 2.00 bits per heavy atom. The lowest BCUT2D eigenvalue weighted by Gasteiger charge is -2.15. The van der Waals surface area contributed by atoms with Crippen LogP contribution in [0.4, 0.5) is 5.69 Å². The van der Waals surface area contributed by atoms with E-state index in [1.54, 1.807) is 23.9 Å². The Morgan fingerprint density at radius 1 is 1.35 bits per heavy atom. The minimum Gasteiger partial charge on any atom is -0.467 e. The van der Waals surface area contributed by atoms with Crippen LogP contribution in [0.15, 0.2) is 29.2 Å². The van der Waals surface area contributed by atoms with Gasteiger partial charge >= 0.3 is 5.97 Å². The number of hydrogen-bond acceptors (Lipinski definition) is 7. The van der Waals surface area contributed by atoms with Gasteiger partial charge < -0.3 is 10.1 Å². The Bertz CT molecular complexity index is 551. The molecule has 0 aliphatic rings. The van der Waals surface area contributed by atoms with E-state index in [-0.39, 0.29) is 17.3 Å². The summed E-state index contributed by atoms with van der Waals surface area (Å²) < 4.78 is 4.68. The number of nitro benzene ring substituents is 1. The lowest BCUT2D eigenvalue weighted by atomic mass is 10.2. The molecule has 0 radical (unpaired) electrons. The molecule has 0 saturated carbocycles. The predicted octanol–water partition coefficient (Wildman–Crippen LogP) is 2.10. The van der Waals surface area contributed by atoms with E-state index in [1.807, 2.05) is 6.26 Å². The molecule has 0 fully saturated rings. The summed E-state index contributed by atoms with van der Waals surface area (Å²) in [7, 11) is 1.28. The van der Waals surface area contributed by atoms with Crippen molar-refractivity contribution in [1.29, 1.82) is 0 Å². The Morgan fingerprint density at radius 3 is 2.52 bits per heavy atom. The molecule has 1 atom stereocenters. The quantitative estimate of drug-likeness (QED) is 0.312. The number of hydrogen-bond donors (Lipinski definition) is 1. The van der Waals surface area contributed by atoms with Gasteiger partial charge in [-0.2, -0.15) is 11.8 Å². The summed E-state index contributed by atoms with van der Waals surface area (Å²) in [5.74, 6) is 0.0951. The third-order valence-corrected chi connectivity index (χ3v) is 4.51. The van der Waals surface area contributed by atoms with E-state index in [0.717, 1.165) is 10.6 Å². The van der Waals surface area contributed by atoms with Crippen molar-refractivity contribution in [2.75, 3.05) is 24.9 Å². The number of methoxy groups -OCH3 is 1. The molecule has 1 rings (SSSR count). The van der Waals surface area contributed by atoms with Gasteiger partial charge in [-0.25, -0.2) is 4.79 Å². The number of ether oxygens (including phenoxy) is 1. The monoisotopic (exact) mass is 358 g/mol. The molecule has 0 saturated heterocycles. The maximum Gasteiger partial charge on any atom is 0.328 e. The second-order valence-corrected chi connectivity index (χ2v) is 6.50. The van der Waals surface area contributed by atoms with Crippen LogP contribution in [0.5, 0.6) is 0 Å².